The quantitative estimate of drug-likeness (QED) is 0.331. The third-order valence-corrected chi connectivity index (χ3v) is 4.82. The minimum atomic E-state index is -0.819. The fourth-order valence-electron chi connectivity index (χ4n) is 3.11. The minimum absolute atomic E-state index is 0.0234. The van der Waals surface area contributed by atoms with E-state index in [-0.39, 0.29) is 23.5 Å². The summed E-state index contributed by atoms with van der Waals surface area (Å²) in [5.74, 6) is 1.45. The zero-order valence-electron chi connectivity index (χ0n) is 18.2. The number of esters is 1. The van der Waals surface area contributed by atoms with E-state index < -0.39 is 23.5 Å². The van der Waals surface area contributed by atoms with Gasteiger partial charge in [0.2, 0.25) is 5.95 Å². The number of nitrogen functional groups attached to an aromatic ring is 1. The van der Waals surface area contributed by atoms with Gasteiger partial charge in [-0.15, -0.1) is 12.3 Å². The Morgan fingerprint density at radius 3 is 2.70 bits per heavy atom. The lowest BCUT2D eigenvalue weighted by Crippen LogP contribution is -2.41. The SMILES string of the molecule is C#CCC[C@H](NC(=O)c1ccc(N(C)Cc2cnc3nc(N)[nH]c(=O)c3n2)cc1)C(=O)OC. The van der Waals surface area contributed by atoms with E-state index in [4.69, 9.17) is 16.9 Å². The standard InChI is InChI=1S/C22H23N7O4/c1-4-5-6-16(21(32)33-3)26-19(30)13-7-9-15(10-8-13)29(2)12-14-11-24-18-17(25-14)20(31)28-22(23)27-18/h1,7-11,16H,5-6,12H2,2-3H3,(H,26,30)(H3,23,24,27,28,31)/t16-/m0/s1. The number of benzene rings is 1. The summed E-state index contributed by atoms with van der Waals surface area (Å²) in [6.45, 7) is 0.356. The molecule has 0 unspecified atom stereocenters. The first-order valence-corrected chi connectivity index (χ1v) is 9.97. The van der Waals surface area contributed by atoms with Gasteiger partial charge in [-0.05, 0) is 30.7 Å². The molecule has 3 rings (SSSR count). The van der Waals surface area contributed by atoms with Crippen molar-refractivity contribution < 1.29 is 14.3 Å². The fourth-order valence-corrected chi connectivity index (χ4v) is 3.11. The summed E-state index contributed by atoms with van der Waals surface area (Å²) < 4.78 is 4.72. The maximum Gasteiger partial charge on any atom is 0.328 e. The van der Waals surface area contributed by atoms with Crippen molar-refractivity contribution in [2.45, 2.75) is 25.4 Å². The van der Waals surface area contributed by atoms with Crippen molar-refractivity contribution in [3.63, 3.8) is 0 Å². The van der Waals surface area contributed by atoms with Crippen molar-refractivity contribution >= 4 is 34.7 Å². The van der Waals surface area contributed by atoms with Crippen molar-refractivity contribution in [3.8, 4) is 12.3 Å². The topological polar surface area (TPSA) is 156 Å². The van der Waals surface area contributed by atoms with Gasteiger partial charge in [0.25, 0.3) is 11.5 Å². The molecule has 170 valence electrons. The van der Waals surface area contributed by atoms with Crippen LogP contribution in [0.2, 0.25) is 0 Å². The number of carbonyl (C=O) groups is 2. The lowest BCUT2D eigenvalue weighted by Gasteiger charge is -2.19. The van der Waals surface area contributed by atoms with Crippen LogP contribution in [0.5, 0.6) is 0 Å². The van der Waals surface area contributed by atoms with E-state index in [1.807, 2.05) is 11.9 Å². The van der Waals surface area contributed by atoms with Crippen molar-refractivity contribution in [2.24, 2.45) is 0 Å². The first kappa shape index (κ1) is 23.2. The van der Waals surface area contributed by atoms with Crippen LogP contribution in [0.25, 0.3) is 11.2 Å². The number of hydrogen-bond donors (Lipinski definition) is 3. The van der Waals surface area contributed by atoms with Crippen molar-refractivity contribution in [1.29, 1.82) is 0 Å². The minimum Gasteiger partial charge on any atom is -0.467 e. The smallest absolute Gasteiger partial charge is 0.328 e. The molecule has 1 amide bonds. The number of nitrogens with one attached hydrogen (secondary N) is 2. The van der Waals surface area contributed by atoms with Crippen LogP contribution in [0.4, 0.5) is 11.6 Å². The Balaban J connectivity index is 1.69. The second-order valence-electron chi connectivity index (χ2n) is 7.18. The molecule has 0 saturated heterocycles. The zero-order chi connectivity index (χ0) is 24.0. The summed E-state index contributed by atoms with van der Waals surface area (Å²) in [6.07, 6.45) is 7.39. The van der Waals surface area contributed by atoms with Gasteiger partial charge in [0.05, 0.1) is 25.5 Å². The molecular formula is C22H23N7O4. The van der Waals surface area contributed by atoms with Crippen LogP contribution in [-0.2, 0) is 16.1 Å². The van der Waals surface area contributed by atoms with Crippen LogP contribution in [0.1, 0.15) is 28.9 Å². The number of fused-ring (bicyclic) bond motifs is 1. The molecule has 33 heavy (non-hydrogen) atoms. The number of terminal acetylenes is 1. The number of nitrogens with two attached hydrogens (primary N) is 1. The summed E-state index contributed by atoms with van der Waals surface area (Å²) in [5.41, 5.74) is 7.07. The summed E-state index contributed by atoms with van der Waals surface area (Å²) in [4.78, 5) is 53.1. The summed E-state index contributed by atoms with van der Waals surface area (Å²) in [7, 11) is 3.09. The van der Waals surface area contributed by atoms with E-state index in [2.05, 4.69) is 31.2 Å². The molecule has 0 aliphatic heterocycles. The van der Waals surface area contributed by atoms with Crippen LogP contribution in [0.3, 0.4) is 0 Å². The number of anilines is 2. The normalized spacial score (nSPS) is 11.4. The third kappa shape index (κ3) is 5.62. The molecule has 0 bridgehead atoms. The highest BCUT2D eigenvalue weighted by Crippen LogP contribution is 2.17. The Kier molecular flexibility index (Phi) is 7.20. The Bertz CT molecular complexity index is 1260. The molecule has 2 aromatic heterocycles. The Morgan fingerprint density at radius 1 is 1.30 bits per heavy atom. The average molecular weight is 449 g/mol. The fraction of sp³-hybridized carbons (Fsp3) is 0.273. The van der Waals surface area contributed by atoms with Gasteiger partial charge in [0.15, 0.2) is 11.2 Å². The van der Waals surface area contributed by atoms with Gasteiger partial charge in [-0.3, -0.25) is 14.6 Å². The van der Waals surface area contributed by atoms with Crippen LogP contribution in [0.15, 0.2) is 35.3 Å². The monoisotopic (exact) mass is 449 g/mol. The highest BCUT2D eigenvalue weighted by molar-refractivity contribution is 5.97. The molecule has 11 heteroatoms. The number of amides is 1. The van der Waals surface area contributed by atoms with Crippen LogP contribution < -0.4 is 21.5 Å². The van der Waals surface area contributed by atoms with Crippen molar-refractivity contribution in [2.75, 3.05) is 24.8 Å². The summed E-state index contributed by atoms with van der Waals surface area (Å²) in [5, 5.41) is 2.65. The lowest BCUT2D eigenvalue weighted by molar-refractivity contribution is -0.143. The molecule has 1 atom stereocenters. The van der Waals surface area contributed by atoms with Crippen molar-refractivity contribution in [1.82, 2.24) is 25.3 Å². The molecule has 1 aromatic carbocycles. The molecule has 0 fully saturated rings. The van der Waals surface area contributed by atoms with Gasteiger partial charge in [0, 0.05) is 24.7 Å². The highest BCUT2D eigenvalue weighted by atomic mass is 16.5. The molecule has 0 aliphatic rings. The highest BCUT2D eigenvalue weighted by Gasteiger charge is 2.21. The largest absolute Gasteiger partial charge is 0.467 e. The molecule has 0 spiro atoms. The maximum atomic E-state index is 12.5. The first-order chi connectivity index (χ1) is 15.8. The van der Waals surface area contributed by atoms with Gasteiger partial charge in [-0.2, -0.15) is 4.98 Å². The second-order valence-corrected chi connectivity index (χ2v) is 7.18. The van der Waals surface area contributed by atoms with Crippen LogP contribution in [0, 0.1) is 12.3 Å². The Labute approximate surface area is 189 Å². The molecule has 4 N–H and O–H groups in total. The average Bonchev–Trinajstić information content (AvgIpc) is 2.81. The first-order valence-electron chi connectivity index (χ1n) is 9.97. The lowest BCUT2D eigenvalue weighted by atomic mass is 10.1. The van der Waals surface area contributed by atoms with Crippen LogP contribution in [-0.4, -0.2) is 52.0 Å². The maximum absolute atomic E-state index is 12.5. The zero-order valence-corrected chi connectivity index (χ0v) is 18.2. The van der Waals surface area contributed by atoms with Gasteiger partial charge in [-0.25, -0.2) is 14.8 Å². The molecule has 2 heterocycles. The van der Waals surface area contributed by atoms with E-state index in [1.54, 1.807) is 24.3 Å². The predicted octanol–water partition coefficient (Wildman–Crippen LogP) is 0.617. The molecule has 11 nitrogen and oxygen atoms in total. The molecule has 0 aliphatic carbocycles. The number of aromatic nitrogens is 4. The number of aromatic amines is 1. The van der Waals surface area contributed by atoms with E-state index in [9.17, 15) is 14.4 Å². The number of rotatable bonds is 8. The molecule has 3 aromatic rings. The van der Waals surface area contributed by atoms with Crippen molar-refractivity contribution in [3.05, 3.63) is 52.1 Å². The number of nitrogens with zero attached hydrogens (tertiary/aromatic N) is 4. The Hall–Kier alpha value is -4.46. The molecular weight excluding hydrogens is 426 g/mol. The van der Waals surface area contributed by atoms with E-state index in [0.717, 1.165) is 5.69 Å². The van der Waals surface area contributed by atoms with Gasteiger partial charge < -0.3 is 20.7 Å². The number of ether oxygens (including phenoxy) is 1. The van der Waals surface area contributed by atoms with E-state index in [1.165, 1.54) is 13.3 Å². The molecule has 0 saturated carbocycles. The van der Waals surface area contributed by atoms with E-state index >= 15 is 0 Å². The van der Waals surface area contributed by atoms with Crippen LogP contribution >= 0.6 is 0 Å². The molecule has 0 radical (unpaired) electrons. The van der Waals surface area contributed by atoms with Gasteiger partial charge in [-0.1, -0.05) is 0 Å². The van der Waals surface area contributed by atoms with Gasteiger partial charge in [0.1, 0.15) is 6.04 Å². The summed E-state index contributed by atoms with van der Waals surface area (Å²) >= 11 is 0. The predicted molar refractivity (Wildman–Crippen MR) is 122 cm³/mol. The second kappa shape index (κ2) is 10.2. The number of methoxy groups -OCH3 is 1. The number of carbonyl (C=O) groups excluding carboxylic acids is 2. The number of hydrogen-bond acceptors (Lipinski definition) is 9. The summed E-state index contributed by atoms with van der Waals surface area (Å²) in [6, 6.07) is 5.97. The third-order valence-electron chi connectivity index (χ3n) is 4.82. The van der Waals surface area contributed by atoms with E-state index in [0.29, 0.717) is 24.2 Å². The van der Waals surface area contributed by atoms with Gasteiger partial charge >= 0.3 is 5.97 Å². The number of H-pyrrole nitrogens is 1. The Morgan fingerprint density at radius 2 is 2.03 bits per heavy atom.